The smallest absolute Gasteiger partial charge is 0.243 e. The highest BCUT2D eigenvalue weighted by Crippen LogP contribution is 2.36. The van der Waals surface area contributed by atoms with E-state index in [1.807, 2.05) is 6.07 Å². The maximum absolute atomic E-state index is 13.0. The van der Waals surface area contributed by atoms with Crippen molar-refractivity contribution in [1.29, 1.82) is 0 Å². The van der Waals surface area contributed by atoms with Gasteiger partial charge in [0.1, 0.15) is 0 Å². The summed E-state index contributed by atoms with van der Waals surface area (Å²) in [5.41, 5.74) is 0.611. The summed E-state index contributed by atoms with van der Waals surface area (Å²) in [5.74, 6) is 1.08. The first kappa shape index (κ1) is 16.4. The standard InChI is InChI=1S/C16H21N3O3S2/c1-18-6-4-11-9-19(10-14(11)18)24(21,22)12-2-3-15-13(8-12)17-16(20)5-7-23-15/h2-3,8,11,14H,4-7,9-10H2,1H3,(H,17,20)/t11-,14+/m0/s1. The third-order valence-corrected chi connectivity index (χ3v) is 8.14. The van der Waals surface area contributed by atoms with E-state index >= 15 is 0 Å². The van der Waals surface area contributed by atoms with Crippen LogP contribution in [0, 0.1) is 5.92 Å². The van der Waals surface area contributed by atoms with Crippen LogP contribution in [-0.4, -0.2) is 62.0 Å². The molecule has 0 radical (unpaired) electrons. The summed E-state index contributed by atoms with van der Waals surface area (Å²) in [6.07, 6.45) is 1.51. The number of nitrogens with one attached hydrogen (secondary N) is 1. The van der Waals surface area contributed by atoms with Gasteiger partial charge >= 0.3 is 0 Å². The normalized spacial score (nSPS) is 28.3. The van der Waals surface area contributed by atoms with Gasteiger partial charge in [-0.1, -0.05) is 0 Å². The van der Waals surface area contributed by atoms with E-state index in [0.29, 0.717) is 42.9 Å². The molecule has 6 nitrogen and oxygen atoms in total. The Balaban J connectivity index is 1.62. The molecule has 0 aliphatic carbocycles. The molecular formula is C16H21N3O3S2. The van der Waals surface area contributed by atoms with Gasteiger partial charge in [0.2, 0.25) is 15.9 Å². The van der Waals surface area contributed by atoms with E-state index in [2.05, 4.69) is 17.3 Å². The van der Waals surface area contributed by atoms with Crippen LogP contribution in [0.25, 0.3) is 0 Å². The van der Waals surface area contributed by atoms with Crippen LogP contribution in [0.1, 0.15) is 12.8 Å². The SMILES string of the molecule is CN1CC[C@H]2CN(S(=O)(=O)c3ccc4c(c3)NC(=O)CCS4)C[C@H]21. The molecule has 0 aromatic heterocycles. The molecule has 2 saturated heterocycles. The van der Waals surface area contributed by atoms with Gasteiger partial charge in [-0.25, -0.2) is 8.42 Å². The van der Waals surface area contributed by atoms with Crippen LogP contribution in [0.15, 0.2) is 28.0 Å². The molecule has 3 heterocycles. The number of likely N-dealkylation sites (N-methyl/N-ethyl adjacent to an activating group) is 1. The number of carbonyl (C=O) groups excluding carboxylic acids is 1. The summed E-state index contributed by atoms with van der Waals surface area (Å²) in [5, 5.41) is 2.82. The molecule has 130 valence electrons. The number of benzene rings is 1. The van der Waals surface area contributed by atoms with Crippen molar-refractivity contribution in [1.82, 2.24) is 9.21 Å². The number of fused-ring (bicyclic) bond motifs is 2. The molecule has 3 aliphatic heterocycles. The molecule has 4 rings (SSSR count). The molecular weight excluding hydrogens is 346 g/mol. The number of thioether (sulfide) groups is 1. The van der Waals surface area contributed by atoms with Crippen LogP contribution in [0.2, 0.25) is 0 Å². The summed E-state index contributed by atoms with van der Waals surface area (Å²) in [6, 6.07) is 5.41. The van der Waals surface area contributed by atoms with E-state index in [-0.39, 0.29) is 10.8 Å². The zero-order valence-electron chi connectivity index (χ0n) is 13.6. The predicted octanol–water partition coefficient (Wildman–Crippen LogP) is 1.45. The summed E-state index contributed by atoms with van der Waals surface area (Å²) < 4.78 is 27.6. The number of hydrogen-bond acceptors (Lipinski definition) is 5. The second-order valence-corrected chi connectivity index (χ2v) is 9.80. The van der Waals surface area contributed by atoms with Gasteiger partial charge in [0, 0.05) is 36.2 Å². The first-order chi connectivity index (χ1) is 11.4. The molecule has 1 amide bonds. The predicted molar refractivity (Wildman–Crippen MR) is 93.7 cm³/mol. The first-order valence-electron chi connectivity index (χ1n) is 8.22. The third kappa shape index (κ3) is 2.75. The number of rotatable bonds is 2. The Kier molecular flexibility index (Phi) is 4.11. The van der Waals surface area contributed by atoms with Crippen LogP contribution in [0.3, 0.4) is 0 Å². The summed E-state index contributed by atoms with van der Waals surface area (Å²) in [7, 11) is -1.46. The topological polar surface area (TPSA) is 69.7 Å². The fourth-order valence-corrected chi connectivity index (χ4v) is 6.32. The highest BCUT2D eigenvalue weighted by Gasteiger charge is 2.44. The third-order valence-electron chi connectivity index (χ3n) is 5.24. The van der Waals surface area contributed by atoms with Gasteiger partial charge in [-0.2, -0.15) is 4.31 Å². The average molecular weight is 367 g/mol. The number of anilines is 1. The van der Waals surface area contributed by atoms with Crippen LogP contribution in [0.4, 0.5) is 5.69 Å². The van der Waals surface area contributed by atoms with E-state index in [1.54, 1.807) is 28.2 Å². The summed E-state index contributed by atoms with van der Waals surface area (Å²) >= 11 is 1.58. The Morgan fingerprint density at radius 2 is 2.12 bits per heavy atom. The zero-order valence-corrected chi connectivity index (χ0v) is 15.2. The number of hydrogen-bond donors (Lipinski definition) is 1. The second-order valence-electron chi connectivity index (χ2n) is 6.72. The Morgan fingerprint density at radius 1 is 1.29 bits per heavy atom. The lowest BCUT2D eigenvalue weighted by Crippen LogP contribution is -2.35. The van der Waals surface area contributed by atoms with Crippen LogP contribution < -0.4 is 5.32 Å². The molecule has 0 saturated carbocycles. The fraction of sp³-hybridized carbons (Fsp3) is 0.562. The van der Waals surface area contributed by atoms with Crippen molar-refractivity contribution in [3.63, 3.8) is 0 Å². The van der Waals surface area contributed by atoms with Gasteiger partial charge in [0.15, 0.2) is 0 Å². The van der Waals surface area contributed by atoms with Crippen molar-refractivity contribution >= 4 is 33.4 Å². The van der Waals surface area contributed by atoms with Crippen molar-refractivity contribution in [2.75, 3.05) is 37.8 Å². The van der Waals surface area contributed by atoms with Gasteiger partial charge in [-0.05, 0) is 44.1 Å². The second kappa shape index (κ2) is 6.01. The largest absolute Gasteiger partial charge is 0.325 e. The molecule has 3 aliphatic rings. The van der Waals surface area contributed by atoms with Crippen molar-refractivity contribution in [3.8, 4) is 0 Å². The highest BCUT2D eigenvalue weighted by molar-refractivity contribution is 7.99. The minimum Gasteiger partial charge on any atom is -0.325 e. The number of sulfonamides is 1. The van der Waals surface area contributed by atoms with Gasteiger partial charge in [0.05, 0.1) is 10.6 Å². The van der Waals surface area contributed by atoms with Gasteiger partial charge in [-0.15, -0.1) is 11.8 Å². The van der Waals surface area contributed by atoms with Crippen molar-refractivity contribution in [3.05, 3.63) is 18.2 Å². The molecule has 24 heavy (non-hydrogen) atoms. The molecule has 8 heteroatoms. The molecule has 0 unspecified atom stereocenters. The quantitative estimate of drug-likeness (QED) is 0.857. The molecule has 0 spiro atoms. The fourth-order valence-electron chi connectivity index (χ4n) is 3.84. The van der Waals surface area contributed by atoms with Gasteiger partial charge < -0.3 is 10.2 Å². The van der Waals surface area contributed by atoms with E-state index < -0.39 is 10.0 Å². The Bertz CT molecular complexity index is 781. The zero-order chi connectivity index (χ0) is 16.9. The van der Waals surface area contributed by atoms with E-state index in [0.717, 1.165) is 17.9 Å². The molecule has 0 bridgehead atoms. The lowest BCUT2D eigenvalue weighted by molar-refractivity contribution is -0.115. The maximum Gasteiger partial charge on any atom is 0.243 e. The van der Waals surface area contributed by atoms with E-state index in [1.165, 1.54) is 0 Å². The summed E-state index contributed by atoms with van der Waals surface area (Å²) in [6.45, 7) is 2.20. The first-order valence-corrected chi connectivity index (χ1v) is 10.6. The van der Waals surface area contributed by atoms with Gasteiger partial charge in [0.25, 0.3) is 0 Å². The lowest BCUT2D eigenvalue weighted by Gasteiger charge is -2.21. The molecule has 1 aromatic carbocycles. The number of likely N-dealkylation sites (tertiary alicyclic amines) is 1. The number of carbonyl (C=O) groups is 1. The molecule has 1 N–H and O–H groups in total. The van der Waals surface area contributed by atoms with Crippen LogP contribution in [-0.2, 0) is 14.8 Å². The molecule has 2 fully saturated rings. The van der Waals surface area contributed by atoms with E-state index in [9.17, 15) is 13.2 Å². The Labute approximate surface area is 146 Å². The Hall–Kier alpha value is -1.09. The minimum atomic E-state index is -3.52. The minimum absolute atomic E-state index is 0.0619. The van der Waals surface area contributed by atoms with Gasteiger partial charge in [-0.3, -0.25) is 4.79 Å². The van der Waals surface area contributed by atoms with Crippen LogP contribution >= 0.6 is 11.8 Å². The van der Waals surface area contributed by atoms with Crippen molar-refractivity contribution in [2.24, 2.45) is 5.92 Å². The lowest BCUT2D eigenvalue weighted by atomic mass is 10.1. The molecule has 1 aromatic rings. The molecule has 2 atom stereocenters. The summed E-state index contributed by atoms with van der Waals surface area (Å²) in [4.78, 5) is 15.2. The van der Waals surface area contributed by atoms with Crippen molar-refractivity contribution < 1.29 is 13.2 Å². The highest BCUT2D eigenvalue weighted by atomic mass is 32.2. The average Bonchev–Trinajstić information content (AvgIpc) is 3.05. The van der Waals surface area contributed by atoms with Crippen molar-refractivity contribution in [2.45, 2.75) is 28.7 Å². The Morgan fingerprint density at radius 3 is 2.92 bits per heavy atom. The number of nitrogens with zero attached hydrogens (tertiary/aromatic N) is 2. The van der Waals surface area contributed by atoms with Crippen LogP contribution in [0.5, 0.6) is 0 Å². The monoisotopic (exact) mass is 367 g/mol. The maximum atomic E-state index is 13.0. The van der Waals surface area contributed by atoms with E-state index in [4.69, 9.17) is 0 Å². The number of amides is 1.